The average Bonchev–Trinajstić information content (AvgIpc) is 4.25. The Kier molecular flexibility index (Phi) is 8.71. The van der Waals surface area contributed by atoms with Gasteiger partial charge < -0.3 is 9.13 Å². The normalized spacial score (nSPS) is 13.2. The Morgan fingerprint density at radius 2 is 0.737 bits per heavy atom. The molecule has 2 heterocycles. The molecule has 2 aliphatic rings. The summed E-state index contributed by atoms with van der Waals surface area (Å²) in [6, 6.07) is 89.0. The summed E-state index contributed by atoms with van der Waals surface area (Å²) in [5.74, 6) is 0. The second kappa shape index (κ2) is 15.9. The van der Waals surface area contributed by atoms with Crippen molar-refractivity contribution in [1.29, 1.82) is 0 Å². The maximum Gasteiger partial charge on any atom is 0.0620 e. The van der Waals surface area contributed by atoms with Gasteiger partial charge in [-0.25, -0.2) is 0 Å². The smallest absolute Gasteiger partial charge is 0.0620 e. The molecule has 76 heavy (non-hydrogen) atoms. The van der Waals surface area contributed by atoms with Gasteiger partial charge in [0.05, 0.1) is 33.8 Å². The molecule has 0 N–H and O–H groups in total. The number of allylic oxidation sites excluding steroid dienone is 3. The minimum atomic E-state index is 0.946. The Hall–Kier alpha value is -9.76. The Bertz CT molecular complexity index is 4980. The second-order valence-electron chi connectivity index (χ2n) is 20.9. The molecule has 0 aliphatic heterocycles. The summed E-state index contributed by atoms with van der Waals surface area (Å²) in [6.07, 6.45) is 9.02. The third kappa shape index (κ3) is 5.76. The molecule has 2 heteroatoms. The Balaban J connectivity index is 1.04. The van der Waals surface area contributed by atoms with Gasteiger partial charge in [0, 0.05) is 43.4 Å². The van der Waals surface area contributed by atoms with Gasteiger partial charge in [-0.05, 0) is 113 Å². The van der Waals surface area contributed by atoms with E-state index in [-0.39, 0.29) is 0 Å². The van der Waals surface area contributed by atoms with Crippen molar-refractivity contribution < 1.29 is 0 Å². The minimum Gasteiger partial charge on any atom is -0.307 e. The fourth-order valence-corrected chi connectivity index (χ4v) is 13.9. The highest BCUT2D eigenvalue weighted by molar-refractivity contribution is 6.28. The summed E-state index contributed by atoms with van der Waals surface area (Å²) in [5, 5.41) is 17.7. The molecule has 0 amide bonds. The summed E-state index contributed by atoms with van der Waals surface area (Å²) < 4.78 is 5.25. The summed E-state index contributed by atoms with van der Waals surface area (Å²) in [6.45, 7) is 0. The Morgan fingerprint density at radius 1 is 0.289 bits per heavy atom. The number of hydrogen-bond donors (Lipinski definition) is 0. The van der Waals surface area contributed by atoms with Crippen LogP contribution in [0.25, 0.3) is 154 Å². The molecule has 0 saturated carbocycles. The van der Waals surface area contributed by atoms with Gasteiger partial charge in [-0.3, -0.25) is 0 Å². The topological polar surface area (TPSA) is 9.86 Å². The third-order valence-electron chi connectivity index (χ3n) is 17.1. The number of nitrogens with zero attached hydrogens (tertiary/aromatic N) is 2. The van der Waals surface area contributed by atoms with Crippen LogP contribution in [0.4, 0.5) is 0 Å². The van der Waals surface area contributed by atoms with E-state index >= 15 is 0 Å². The van der Waals surface area contributed by atoms with E-state index in [0.717, 1.165) is 12.8 Å². The molecule has 17 rings (SSSR count). The zero-order valence-corrected chi connectivity index (χ0v) is 41.6. The largest absolute Gasteiger partial charge is 0.307 e. The van der Waals surface area contributed by atoms with Gasteiger partial charge >= 0.3 is 0 Å². The van der Waals surface area contributed by atoms with Crippen LogP contribution in [0.5, 0.6) is 0 Å². The van der Waals surface area contributed by atoms with Crippen LogP contribution in [0.3, 0.4) is 0 Å². The maximum absolute atomic E-state index is 2.64. The van der Waals surface area contributed by atoms with Gasteiger partial charge in [-0.2, -0.15) is 0 Å². The molecular weight excluding hydrogens is 917 g/mol. The molecular formula is C74H46N2. The van der Waals surface area contributed by atoms with Crippen molar-refractivity contribution in [2.45, 2.75) is 12.8 Å². The summed E-state index contributed by atoms with van der Waals surface area (Å²) >= 11 is 0. The third-order valence-corrected chi connectivity index (χ3v) is 17.1. The molecule has 2 aliphatic carbocycles. The minimum absolute atomic E-state index is 0.946. The van der Waals surface area contributed by atoms with Crippen molar-refractivity contribution in [3.8, 4) is 56.1 Å². The number of fused-ring (bicyclic) bond motifs is 7. The SMILES string of the molecule is C1=Cc2ccc3c(-n4c(-c5ccccc5)c(-c5ccccc5)c5ccc6c7ccc8c(-c9ccccc9)c(-c9ccccc9)n(-c9ccc%10ccc%11cccc%12ccc9c%10c%11%12)c8c7ccc6c54)ccc4c3c2C(=CC4)C1. The van der Waals surface area contributed by atoms with Crippen molar-refractivity contribution in [3.05, 3.63) is 265 Å². The quantitative estimate of drug-likeness (QED) is 0.147. The van der Waals surface area contributed by atoms with Crippen LogP contribution in [0, 0.1) is 0 Å². The molecule has 0 saturated heterocycles. The van der Waals surface area contributed by atoms with Crippen molar-refractivity contribution in [2.75, 3.05) is 0 Å². The first-order chi connectivity index (χ1) is 37.7. The average molecular weight is 963 g/mol. The van der Waals surface area contributed by atoms with Gasteiger partial charge in [0.15, 0.2) is 0 Å². The highest BCUT2D eigenvalue weighted by Gasteiger charge is 2.29. The van der Waals surface area contributed by atoms with Crippen LogP contribution in [-0.2, 0) is 6.42 Å². The van der Waals surface area contributed by atoms with E-state index < -0.39 is 0 Å². The lowest BCUT2D eigenvalue weighted by Crippen LogP contribution is -2.06. The van der Waals surface area contributed by atoms with E-state index in [1.54, 1.807) is 0 Å². The van der Waals surface area contributed by atoms with E-state index in [4.69, 9.17) is 0 Å². The molecule has 0 radical (unpaired) electrons. The van der Waals surface area contributed by atoms with E-state index in [2.05, 4.69) is 264 Å². The monoisotopic (exact) mass is 962 g/mol. The van der Waals surface area contributed by atoms with Crippen molar-refractivity contribution >= 4 is 98.1 Å². The Morgan fingerprint density at radius 3 is 1.32 bits per heavy atom. The Labute approximate surface area is 439 Å². The summed E-state index contributed by atoms with van der Waals surface area (Å²) in [4.78, 5) is 0. The number of aromatic nitrogens is 2. The first-order valence-electron chi connectivity index (χ1n) is 26.7. The maximum atomic E-state index is 2.64. The van der Waals surface area contributed by atoms with Crippen LogP contribution in [-0.4, -0.2) is 9.13 Å². The lowest BCUT2D eigenvalue weighted by molar-refractivity contribution is 1.14. The zero-order chi connectivity index (χ0) is 49.6. The first-order valence-corrected chi connectivity index (χ1v) is 26.7. The summed E-state index contributed by atoms with van der Waals surface area (Å²) in [7, 11) is 0. The molecule has 15 aromatic rings. The molecule has 0 atom stereocenters. The van der Waals surface area contributed by atoms with Gasteiger partial charge in [0.1, 0.15) is 0 Å². The molecule has 13 aromatic carbocycles. The zero-order valence-electron chi connectivity index (χ0n) is 41.6. The lowest BCUT2D eigenvalue weighted by atomic mass is 9.81. The first kappa shape index (κ1) is 41.7. The highest BCUT2D eigenvalue weighted by Crippen LogP contribution is 2.52. The molecule has 0 spiro atoms. The molecule has 2 nitrogen and oxygen atoms in total. The van der Waals surface area contributed by atoms with Gasteiger partial charge in [-0.1, -0.05) is 243 Å². The van der Waals surface area contributed by atoms with Crippen LogP contribution in [0.1, 0.15) is 23.1 Å². The highest BCUT2D eigenvalue weighted by atomic mass is 15.0. The van der Waals surface area contributed by atoms with Crippen LogP contribution in [0.2, 0.25) is 0 Å². The van der Waals surface area contributed by atoms with Gasteiger partial charge in [-0.15, -0.1) is 0 Å². The molecule has 352 valence electrons. The van der Waals surface area contributed by atoms with Gasteiger partial charge in [0.25, 0.3) is 0 Å². The molecule has 0 unspecified atom stereocenters. The predicted molar refractivity (Wildman–Crippen MR) is 323 cm³/mol. The number of benzene rings is 13. The second-order valence-corrected chi connectivity index (χ2v) is 20.9. The predicted octanol–water partition coefficient (Wildman–Crippen LogP) is 20.0. The number of rotatable bonds is 6. The fourth-order valence-electron chi connectivity index (χ4n) is 13.9. The lowest BCUT2D eigenvalue weighted by Gasteiger charge is -2.25. The van der Waals surface area contributed by atoms with E-state index in [0.29, 0.717) is 0 Å². The number of hydrogen-bond acceptors (Lipinski definition) is 0. The van der Waals surface area contributed by atoms with E-state index in [9.17, 15) is 0 Å². The van der Waals surface area contributed by atoms with Crippen molar-refractivity contribution in [3.63, 3.8) is 0 Å². The van der Waals surface area contributed by atoms with Crippen molar-refractivity contribution in [1.82, 2.24) is 9.13 Å². The van der Waals surface area contributed by atoms with E-state index in [1.807, 2.05) is 0 Å². The van der Waals surface area contributed by atoms with Crippen LogP contribution < -0.4 is 0 Å². The standard InChI is InChI=1S/C74H46N2/c1-5-15-45(16-6-1)69-61-41-37-55-56-38-42-62-70(46-17-7-2-8-18-46)72(54-21-11-4-12-22-54)76(64-44-34-52-30-28-48-24-14-26-50-32-36-60(64)68(52)66(48)50)74(62)58(56)40-39-57(55)73(61)75(71(69)53-19-9-3-10-20-53)63-43-33-51-29-27-47-23-13-25-49-31-35-59(63)67(51)65(47)49/h1-23,25-29,31-44H,24,30H2. The van der Waals surface area contributed by atoms with E-state index in [1.165, 1.54) is 165 Å². The fraction of sp³-hybridized carbons (Fsp3) is 0.0270. The summed E-state index contributed by atoms with van der Waals surface area (Å²) in [5.41, 5.74) is 20.0. The molecule has 2 aromatic heterocycles. The van der Waals surface area contributed by atoms with Crippen molar-refractivity contribution in [2.24, 2.45) is 0 Å². The molecule has 0 bridgehead atoms. The van der Waals surface area contributed by atoms with Crippen LogP contribution >= 0.6 is 0 Å². The van der Waals surface area contributed by atoms with Gasteiger partial charge in [0.2, 0.25) is 0 Å². The van der Waals surface area contributed by atoms with Crippen LogP contribution in [0.15, 0.2) is 249 Å². The molecule has 0 fully saturated rings.